The molecule has 3 N–H and O–H groups in total. The monoisotopic (exact) mass is 334 g/mol. The molecule has 0 spiro atoms. The van der Waals surface area contributed by atoms with Gasteiger partial charge in [-0.05, 0) is 24.3 Å². The highest BCUT2D eigenvalue weighted by Crippen LogP contribution is 2.27. The van der Waals surface area contributed by atoms with Crippen molar-refractivity contribution in [1.29, 1.82) is 0 Å². The Balaban J connectivity index is 1.60. The molecule has 4 rings (SSSR count). The van der Waals surface area contributed by atoms with Crippen molar-refractivity contribution in [2.24, 2.45) is 0 Å². The Morgan fingerprint density at radius 2 is 1.88 bits per heavy atom. The minimum absolute atomic E-state index is 0.0111. The number of carbonyl (C=O) groups is 2. The quantitative estimate of drug-likeness (QED) is 0.688. The molecule has 1 aromatic heterocycles. The summed E-state index contributed by atoms with van der Waals surface area (Å²) in [5.74, 6) is -0.215. The zero-order valence-corrected chi connectivity index (χ0v) is 13.6. The van der Waals surface area contributed by atoms with Gasteiger partial charge in [0.15, 0.2) is 0 Å². The first-order valence-electron chi connectivity index (χ1n) is 8.20. The minimum atomic E-state index is -0.204. The number of carbonyl (C=O) groups excluding carboxylic acids is 2. The number of para-hydroxylation sites is 3. The van der Waals surface area contributed by atoms with Gasteiger partial charge in [-0.2, -0.15) is 0 Å². The third-order valence-corrected chi connectivity index (χ3v) is 4.31. The molecule has 0 atom stereocenters. The molecule has 1 aliphatic heterocycles. The normalized spacial score (nSPS) is 14.4. The number of H-pyrrole nitrogens is 1. The summed E-state index contributed by atoms with van der Waals surface area (Å²) < 4.78 is 0. The highest BCUT2D eigenvalue weighted by atomic mass is 16.2. The first-order chi connectivity index (χ1) is 12.2. The number of benzene rings is 2. The van der Waals surface area contributed by atoms with Gasteiger partial charge >= 0.3 is 0 Å². The maximum absolute atomic E-state index is 12.6. The van der Waals surface area contributed by atoms with E-state index in [0.29, 0.717) is 31.0 Å². The SMILES string of the molecule is O=C1CN(c2ccccc2NC(=O)c2cc3ccccc3[nH]2)CCN1. The Labute approximate surface area is 144 Å². The van der Waals surface area contributed by atoms with Crippen LogP contribution in [0.1, 0.15) is 10.5 Å². The summed E-state index contributed by atoms with van der Waals surface area (Å²) in [5.41, 5.74) is 2.98. The molecule has 0 unspecified atom stereocenters. The van der Waals surface area contributed by atoms with E-state index >= 15 is 0 Å². The van der Waals surface area contributed by atoms with Gasteiger partial charge in [0, 0.05) is 24.0 Å². The maximum Gasteiger partial charge on any atom is 0.272 e. The number of nitrogens with zero attached hydrogens (tertiary/aromatic N) is 1. The Kier molecular flexibility index (Phi) is 3.85. The van der Waals surface area contributed by atoms with Crippen LogP contribution < -0.4 is 15.5 Å². The molecule has 3 aromatic rings. The predicted octanol–water partition coefficient (Wildman–Crippen LogP) is 2.36. The second kappa shape index (κ2) is 6.32. The second-order valence-electron chi connectivity index (χ2n) is 6.01. The second-order valence-corrected chi connectivity index (χ2v) is 6.01. The molecule has 0 aliphatic carbocycles. The van der Waals surface area contributed by atoms with E-state index in [0.717, 1.165) is 16.6 Å². The largest absolute Gasteiger partial charge is 0.359 e. The van der Waals surface area contributed by atoms with Crippen LogP contribution in [0.3, 0.4) is 0 Å². The van der Waals surface area contributed by atoms with Gasteiger partial charge in [-0.3, -0.25) is 9.59 Å². The van der Waals surface area contributed by atoms with Gasteiger partial charge in [0.25, 0.3) is 5.91 Å². The van der Waals surface area contributed by atoms with E-state index in [1.54, 1.807) is 0 Å². The molecule has 1 aliphatic rings. The number of anilines is 2. The van der Waals surface area contributed by atoms with Crippen LogP contribution in [0.15, 0.2) is 54.6 Å². The molecule has 25 heavy (non-hydrogen) atoms. The zero-order valence-electron chi connectivity index (χ0n) is 13.6. The number of fused-ring (bicyclic) bond motifs is 1. The lowest BCUT2D eigenvalue weighted by Gasteiger charge is -2.30. The highest BCUT2D eigenvalue weighted by molar-refractivity contribution is 6.07. The first kappa shape index (κ1) is 15.3. The fourth-order valence-corrected chi connectivity index (χ4v) is 3.08. The molecule has 0 bridgehead atoms. The molecule has 126 valence electrons. The lowest BCUT2D eigenvalue weighted by atomic mass is 10.2. The average molecular weight is 334 g/mol. The van der Waals surface area contributed by atoms with Crippen LogP contribution in [0, 0.1) is 0 Å². The maximum atomic E-state index is 12.6. The summed E-state index contributed by atoms with van der Waals surface area (Å²) in [7, 11) is 0. The van der Waals surface area contributed by atoms with E-state index in [2.05, 4.69) is 15.6 Å². The van der Waals surface area contributed by atoms with E-state index in [1.165, 1.54) is 0 Å². The van der Waals surface area contributed by atoms with Crippen LogP contribution in [-0.2, 0) is 4.79 Å². The predicted molar refractivity (Wildman–Crippen MR) is 97.9 cm³/mol. The molecule has 6 heteroatoms. The van der Waals surface area contributed by atoms with Crippen LogP contribution in [0.2, 0.25) is 0 Å². The van der Waals surface area contributed by atoms with Crippen molar-refractivity contribution in [3.05, 3.63) is 60.3 Å². The van der Waals surface area contributed by atoms with Crippen molar-refractivity contribution in [2.75, 3.05) is 29.9 Å². The van der Waals surface area contributed by atoms with Crippen molar-refractivity contribution < 1.29 is 9.59 Å². The van der Waals surface area contributed by atoms with Gasteiger partial charge in [-0.25, -0.2) is 0 Å². The lowest BCUT2D eigenvalue weighted by molar-refractivity contribution is -0.120. The van der Waals surface area contributed by atoms with Gasteiger partial charge in [0.1, 0.15) is 5.69 Å². The van der Waals surface area contributed by atoms with Crippen LogP contribution in [0.4, 0.5) is 11.4 Å². The Hall–Kier alpha value is -3.28. The van der Waals surface area contributed by atoms with Gasteiger partial charge in [-0.1, -0.05) is 30.3 Å². The molecule has 0 radical (unpaired) electrons. The fourth-order valence-electron chi connectivity index (χ4n) is 3.08. The summed E-state index contributed by atoms with van der Waals surface area (Å²) in [6.07, 6.45) is 0. The van der Waals surface area contributed by atoms with Crippen molar-refractivity contribution in [1.82, 2.24) is 10.3 Å². The molecule has 2 aromatic carbocycles. The Morgan fingerprint density at radius 3 is 2.72 bits per heavy atom. The summed E-state index contributed by atoms with van der Waals surface area (Å²) >= 11 is 0. The Bertz CT molecular complexity index is 914. The third kappa shape index (κ3) is 3.06. The van der Waals surface area contributed by atoms with Crippen molar-refractivity contribution in [3.63, 3.8) is 0 Å². The van der Waals surface area contributed by atoms with Crippen molar-refractivity contribution >= 4 is 34.1 Å². The highest BCUT2D eigenvalue weighted by Gasteiger charge is 2.20. The molecule has 2 amide bonds. The number of hydrogen-bond donors (Lipinski definition) is 3. The smallest absolute Gasteiger partial charge is 0.272 e. The van der Waals surface area contributed by atoms with Crippen LogP contribution in [0.5, 0.6) is 0 Å². The number of rotatable bonds is 3. The van der Waals surface area contributed by atoms with E-state index in [9.17, 15) is 9.59 Å². The molecular formula is C19H18N4O2. The number of hydrogen-bond acceptors (Lipinski definition) is 3. The lowest BCUT2D eigenvalue weighted by Crippen LogP contribution is -2.47. The number of piperazine rings is 1. The number of aromatic amines is 1. The molecule has 1 saturated heterocycles. The van der Waals surface area contributed by atoms with Gasteiger partial charge in [0.05, 0.1) is 17.9 Å². The molecule has 6 nitrogen and oxygen atoms in total. The van der Waals surface area contributed by atoms with E-state index in [-0.39, 0.29) is 11.8 Å². The summed E-state index contributed by atoms with van der Waals surface area (Å²) in [6.45, 7) is 1.60. The van der Waals surface area contributed by atoms with Crippen LogP contribution >= 0.6 is 0 Å². The standard InChI is InChI=1S/C19H18N4O2/c24-18-12-23(10-9-20-18)17-8-4-3-7-15(17)22-19(25)16-11-13-5-1-2-6-14(13)21-16/h1-8,11,21H,9-10,12H2,(H,20,24)(H,22,25). The van der Waals surface area contributed by atoms with Crippen LogP contribution in [0.25, 0.3) is 10.9 Å². The Morgan fingerprint density at radius 1 is 1.08 bits per heavy atom. The number of amides is 2. The van der Waals surface area contributed by atoms with Crippen molar-refractivity contribution in [3.8, 4) is 0 Å². The van der Waals surface area contributed by atoms with Gasteiger partial charge < -0.3 is 20.5 Å². The average Bonchev–Trinajstić information content (AvgIpc) is 3.06. The molecule has 2 heterocycles. The fraction of sp³-hybridized carbons (Fsp3) is 0.158. The minimum Gasteiger partial charge on any atom is -0.359 e. The van der Waals surface area contributed by atoms with Crippen molar-refractivity contribution in [2.45, 2.75) is 0 Å². The summed E-state index contributed by atoms with van der Waals surface area (Å²) in [4.78, 5) is 29.4. The molecule has 0 saturated carbocycles. The zero-order chi connectivity index (χ0) is 17.2. The molecule has 1 fully saturated rings. The van der Waals surface area contributed by atoms with Crippen LogP contribution in [-0.4, -0.2) is 36.4 Å². The summed E-state index contributed by atoms with van der Waals surface area (Å²) in [5, 5.41) is 6.76. The summed E-state index contributed by atoms with van der Waals surface area (Å²) in [6, 6.07) is 17.1. The van der Waals surface area contributed by atoms with E-state index in [1.807, 2.05) is 59.5 Å². The number of aromatic nitrogens is 1. The first-order valence-corrected chi connectivity index (χ1v) is 8.20. The number of nitrogens with one attached hydrogen (secondary N) is 3. The van der Waals surface area contributed by atoms with Gasteiger partial charge in [-0.15, -0.1) is 0 Å². The van der Waals surface area contributed by atoms with Gasteiger partial charge in [0.2, 0.25) is 5.91 Å². The molecular weight excluding hydrogens is 316 g/mol. The van der Waals surface area contributed by atoms with E-state index < -0.39 is 0 Å². The third-order valence-electron chi connectivity index (χ3n) is 4.31. The topological polar surface area (TPSA) is 77.2 Å². The van der Waals surface area contributed by atoms with E-state index in [4.69, 9.17) is 0 Å².